The van der Waals surface area contributed by atoms with E-state index in [4.69, 9.17) is 4.74 Å². The number of hydrogen-bond acceptors (Lipinski definition) is 3. The number of carbonyl (C=O) groups excluding carboxylic acids is 2. The number of amides is 2. The summed E-state index contributed by atoms with van der Waals surface area (Å²) in [4.78, 5) is 24.9. The molecule has 0 unspecified atom stereocenters. The topological polar surface area (TPSA) is 58.6 Å². The molecular formula is C15H17F3N2O3. The first-order valence-electron chi connectivity index (χ1n) is 7.00. The quantitative estimate of drug-likeness (QED) is 0.916. The highest BCUT2D eigenvalue weighted by Gasteiger charge is 2.31. The average molecular weight is 330 g/mol. The van der Waals surface area contributed by atoms with E-state index in [2.05, 4.69) is 5.32 Å². The molecule has 8 heteroatoms. The number of nitrogens with zero attached hydrogens (tertiary/aromatic N) is 1. The Labute approximate surface area is 131 Å². The van der Waals surface area contributed by atoms with Crippen molar-refractivity contribution in [2.45, 2.75) is 19.2 Å². The summed E-state index contributed by atoms with van der Waals surface area (Å²) in [5.74, 6) is -0.752. The van der Waals surface area contributed by atoms with Gasteiger partial charge in [-0.2, -0.15) is 13.2 Å². The fourth-order valence-electron chi connectivity index (χ4n) is 2.23. The Hall–Kier alpha value is -2.09. The zero-order chi connectivity index (χ0) is 17.2. The van der Waals surface area contributed by atoms with Crippen molar-refractivity contribution in [3.8, 4) is 0 Å². The third-order valence-electron chi connectivity index (χ3n) is 3.65. The van der Waals surface area contributed by atoms with E-state index in [1.165, 1.54) is 11.0 Å². The summed E-state index contributed by atoms with van der Waals surface area (Å²) < 4.78 is 43.5. The van der Waals surface area contributed by atoms with Crippen molar-refractivity contribution in [1.82, 2.24) is 10.2 Å². The highest BCUT2D eigenvalue weighted by atomic mass is 19.4. The molecule has 0 radical (unpaired) electrons. The molecule has 23 heavy (non-hydrogen) atoms. The van der Waals surface area contributed by atoms with Crippen LogP contribution in [0.3, 0.4) is 0 Å². The second-order valence-corrected chi connectivity index (χ2v) is 5.44. The highest BCUT2D eigenvalue weighted by Crippen LogP contribution is 2.30. The van der Waals surface area contributed by atoms with Gasteiger partial charge in [0.15, 0.2) is 0 Å². The fourth-order valence-corrected chi connectivity index (χ4v) is 2.23. The molecule has 0 aliphatic carbocycles. The number of halogens is 3. The van der Waals surface area contributed by atoms with Gasteiger partial charge in [-0.05, 0) is 24.6 Å². The Morgan fingerprint density at radius 3 is 2.74 bits per heavy atom. The SMILES string of the molecule is Cc1ccc(C(F)(F)F)cc1C(=O)NC[C@@H]1CN(C)C(=O)CO1. The van der Waals surface area contributed by atoms with Crippen LogP contribution < -0.4 is 5.32 Å². The molecule has 1 N–H and O–H groups in total. The molecule has 5 nitrogen and oxygen atoms in total. The van der Waals surface area contributed by atoms with Crippen molar-refractivity contribution in [2.75, 3.05) is 26.7 Å². The van der Waals surface area contributed by atoms with Crippen LogP contribution in [0.2, 0.25) is 0 Å². The van der Waals surface area contributed by atoms with Crippen LogP contribution >= 0.6 is 0 Å². The minimum atomic E-state index is -4.50. The first-order chi connectivity index (χ1) is 10.7. The van der Waals surface area contributed by atoms with Crippen molar-refractivity contribution in [2.24, 2.45) is 0 Å². The number of rotatable bonds is 3. The van der Waals surface area contributed by atoms with Gasteiger partial charge in [0, 0.05) is 25.7 Å². The highest BCUT2D eigenvalue weighted by molar-refractivity contribution is 5.95. The smallest absolute Gasteiger partial charge is 0.365 e. The molecule has 0 saturated carbocycles. The van der Waals surface area contributed by atoms with Crippen molar-refractivity contribution in [3.05, 3.63) is 34.9 Å². The number of aryl methyl sites for hydroxylation is 1. The van der Waals surface area contributed by atoms with Gasteiger partial charge >= 0.3 is 6.18 Å². The van der Waals surface area contributed by atoms with E-state index in [9.17, 15) is 22.8 Å². The van der Waals surface area contributed by atoms with Crippen LogP contribution in [0.25, 0.3) is 0 Å². The number of carbonyl (C=O) groups is 2. The van der Waals surface area contributed by atoms with Crippen molar-refractivity contribution in [1.29, 1.82) is 0 Å². The van der Waals surface area contributed by atoms with E-state index in [-0.39, 0.29) is 30.7 Å². The molecule has 1 aliphatic rings. The number of benzene rings is 1. The van der Waals surface area contributed by atoms with Gasteiger partial charge < -0.3 is 15.0 Å². The standard InChI is InChI=1S/C15H17F3N2O3/c1-9-3-4-10(15(16,17)18)5-12(9)14(22)19-6-11-7-20(2)13(21)8-23-11/h3-5,11H,6-8H2,1-2H3,(H,19,22)/t11-/m1/s1. The largest absolute Gasteiger partial charge is 0.416 e. The van der Waals surface area contributed by atoms with Crippen molar-refractivity contribution < 1.29 is 27.5 Å². The molecule has 1 fully saturated rings. The molecule has 2 rings (SSSR count). The Balaban J connectivity index is 2.02. The normalized spacial score (nSPS) is 18.9. The maximum atomic E-state index is 12.7. The molecule has 2 amide bonds. The van der Waals surface area contributed by atoms with Crippen LogP contribution in [0.1, 0.15) is 21.5 Å². The number of hydrogen-bond donors (Lipinski definition) is 1. The molecule has 0 spiro atoms. The second kappa shape index (κ2) is 6.57. The van der Waals surface area contributed by atoms with Crippen molar-refractivity contribution >= 4 is 11.8 Å². The second-order valence-electron chi connectivity index (χ2n) is 5.44. The maximum Gasteiger partial charge on any atom is 0.416 e. The molecule has 1 heterocycles. The lowest BCUT2D eigenvalue weighted by atomic mass is 10.0. The first-order valence-corrected chi connectivity index (χ1v) is 7.00. The van der Waals surface area contributed by atoms with Crippen LogP contribution in [0.4, 0.5) is 13.2 Å². The zero-order valence-electron chi connectivity index (χ0n) is 12.7. The predicted molar refractivity (Wildman–Crippen MR) is 75.9 cm³/mol. The van der Waals surface area contributed by atoms with E-state index in [0.29, 0.717) is 12.1 Å². The van der Waals surface area contributed by atoms with Gasteiger partial charge in [-0.3, -0.25) is 9.59 Å². The van der Waals surface area contributed by atoms with Gasteiger partial charge in [-0.15, -0.1) is 0 Å². The van der Waals surface area contributed by atoms with Crippen molar-refractivity contribution in [3.63, 3.8) is 0 Å². The Morgan fingerprint density at radius 1 is 1.43 bits per heavy atom. The molecule has 1 saturated heterocycles. The van der Waals surface area contributed by atoms with Crippen LogP contribution in [-0.4, -0.2) is 49.6 Å². The van der Waals surface area contributed by atoms with Gasteiger partial charge in [0.05, 0.1) is 11.7 Å². The van der Waals surface area contributed by atoms with Crippen LogP contribution in [0, 0.1) is 6.92 Å². The molecule has 1 atom stereocenters. The van der Waals surface area contributed by atoms with E-state index in [1.807, 2.05) is 0 Å². The van der Waals surface area contributed by atoms with Crippen LogP contribution in [0.15, 0.2) is 18.2 Å². The molecule has 0 bridgehead atoms. The number of alkyl halides is 3. The first kappa shape index (κ1) is 17.3. The lowest BCUT2D eigenvalue weighted by Crippen LogP contribution is -2.48. The number of nitrogens with one attached hydrogen (secondary N) is 1. The van der Waals surface area contributed by atoms with E-state index in [0.717, 1.165) is 12.1 Å². The minimum Gasteiger partial charge on any atom is -0.365 e. The molecule has 126 valence electrons. The predicted octanol–water partition coefficient (Wildman–Crippen LogP) is 1.60. The van der Waals surface area contributed by atoms with E-state index >= 15 is 0 Å². The third-order valence-corrected chi connectivity index (χ3v) is 3.65. The number of morpholine rings is 1. The lowest BCUT2D eigenvalue weighted by Gasteiger charge is -2.30. The lowest BCUT2D eigenvalue weighted by molar-refractivity contribution is -0.146. The van der Waals surface area contributed by atoms with Gasteiger partial charge in [0.1, 0.15) is 6.61 Å². The Kier molecular flexibility index (Phi) is 4.93. The van der Waals surface area contributed by atoms with Gasteiger partial charge in [0.2, 0.25) is 5.91 Å². The summed E-state index contributed by atoms with van der Waals surface area (Å²) >= 11 is 0. The minimum absolute atomic E-state index is 0.0277. The van der Waals surface area contributed by atoms with Gasteiger partial charge in [-0.1, -0.05) is 6.07 Å². The number of ether oxygens (including phenoxy) is 1. The Bertz CT molecular complexity index is 616. The summed E-state index contributed by atoms with van der Waals surface area (Å²) in [5.41, 5.74) is -0.445. The third kappa shape index (κ3) is 4.22. The maximum absolute atomic E-state index is 12.7. The monoisotopic (exact) mass is 330 g/mol. The summed E-state index contributed by atoms with van der Waals surface area (Å²) in [6.07, 6.45) is -4.88. The molecule has 1 aromatic rings. The molecule has 1 aromatic carbocycles. The van der Waals surface area contributed by atoms with Crippen LogP contribution in [0.5, 0.6) is 0 Å². The van der Waals surface area contributed by atoms with E-state index in [1.54, 1.807) is 14.0 Å². The fraction of sp³-hybridized carbons (Fsp3) is 0.467. The van der Waals surface area contributed by atoms with Gasteiger partial charge in [-0.25, -0.2) is 0 Å². The van der Waals surface area contributed by atoms with Crippen LogP contribution in [-0.2, 0) is 15.7 Å². The summed E-state index contributed by atoms with van der Waals surface area (Å²) in [7, 11) is 1.62. The Morgan fingerprint density at radius 2 is 2.13 bits per heavy atom. The summed E-state index contributed by atoms with van der Waals surface area (Å²) in [5, 5.41) is 2.55. The molecular weight excluding hydrogens is 313 g/mol. The summed E-state index contributed by atoms with van der Waals surface area (Å²) in [6, 6.07) is 3.04. The summed E-state index contributed by atoms with van der Waals surface area (Å²) in [6.45, 7) is 1.94. The average Bonchev–Trinajstić information content (AvgIpc) is 2.47. The number of likely N-dealkylation sites (N-methyl/N-ethyl adjacent to an activating group) is 1. The van der Waals surface area contributed by atoms with E-state index < -0.39 is 17.6 Å². The molecule has 0 aromatic heterocycles. The van der Waals surface area contributed by atoms with Gasteiger partial charge in [0.25, 0.3) is 5.91 Å². The molecule has 1 aliphatic heterocycles. The zero-order valence-corrected chi connectivity index (χ0v) is 12.7.